The van der Waals surface area contributed by atoms with Crippen molar-refractivity contribution in [2.24, 2.45) is 9.98 Å². The molecule has 0 saturated heterocycles. The monoisotopic (exact) mass is 471 g/mol. The Morgan fingerprint density at radius 2 is 2.00 bits per heavy atom. The maximum absolute atomic E-state index is 12.3. The number of nitrogens with one attached hydrogen (secondary N) is 1. The Bertz CT molecular complexity index is 1060. The molecule has 4 N–H and O–H groups in total. The number of fused-ring (bicyclic) bond motifs is 1. The molecule has 1 aliphatic carbocycles. The molecule has 0 radical (unpaired) electrons. The van der Waals surface area contributed by atoms with Crippen LogP contribution in [0.3, 0.4) is 0 Å². The van der Waals surface area contributed by atoms with Crippen LogP contribution in [0.5, 0.6) is 0 Å². The third-order valence-corrected chi connectivity index (χ3v) is 5.67. The predicted octanol–water partition coefficient (Wildman–Crippen LogP) is 4.75. The summed E-state index contributed by atoms with van der Waals surface area (Å²) in [6.07, 6.45) is 13.4. The molecular weight excluding hydrogens is 433 g/mol. The standard InChI is InChI=1S/C18H24FN7.C7H14O/c1-12(7-9-19)11-23-13(2)5-6-15(21-3)14-8-10-26-16(14)17(22-4)24-18(20)25-26;1-7(8)5-3-2-4-6-7/h5-6,8,10-11H,7,9H2,1-4H3,(H3,20,22,24,25);8H,2-6H2,1H3/b6-5-,12-11+,21-15?,23-13-;. The molecule has 1 fully saturated rings. The summed E-state index contributed by atoms with van der Waals surface area (Å²) in [6, 6.07) is 1.91. The summed E-state index contributed by atoms with van der Waals surface area (Å²) in [5, 5.41) is 16.6. The van der Waals surface area contributed by atoms with Gasteiger partial charge in [0, 0.05) is 37.8 Å². The number of halogens is 1. The van der Waals surface area contributed by atoms with E-state index in [4.69, 9.17) is 5.73 Å². The zero-order chi connectivity index (χ0) is 25.1. The summed E-state index contributed by atoms with van der Waals surface area (Å²) < 4.78 is 14.0. The number of rotatable bonds is 7. The topological polar surface area (TPSA) is 113 Å². The largest absolute Gasteiger partial charge is 0.390 e. The fourth-order valence-electron chi connectivity index (χ4n) is 3.69. The Morgan fingerprint density at radius 1 is 1.29 bits per heavy atom. The number of nitrogens with zero attached hydrogens (tertiary/aromatic N) is 5. The number of aliphatic imine (C=N–C) groups is 2. The Morgan fingerprint density at radius 3 is 2.56 bits per heavy atom. The van der Waals surface area contributed by atoms with Crippen molar-refractivity contribution in [3.05, 3.63) is 41.8 Å². The van der Waals surface area contributed by atoms with Crippen LogP contribution in [-0.4, -0.2) is 57.5 Å². The second-order valence-corrected chi connectivity index (χ2v) is 8.78. The van der Waals surface area contributed by atoms with E-state index in [0.29, 0.717) is 12.2 Å². The van der Waals surface area contributed by atoms with Crippen LogP contribution in [0.1, 0.15) is 64.9 Å². The summed E-state index contributed by atoms with van der Waals surface area (Å²) in [7, 11) is 3.50. The van der Waals surface area contributed by atoms with Crippen molar-refractivity contribution >= 4 is 28.7 Å². The molecule has 0 amide bonds. The zero-order valence-electron chi connectivity index (χ0n) is 21.0. The lowest BCUT2D eigenvalue weighted by atomic mass is 9.87. The number of anilines is 2. The molecule has 0 unspecified atom stereocenters. The van der Waals surface area contributed by atoms with Gasteiger partial charge in [0.1, 0.15) is 5.52 Å². The molecule has 1 aliphatic rings. The lowest BCUT2D eigenvalue weighted by Crippen LogP contribution is -2.26. The maximum Gasteiger partial charge on any atom is 0.240 e. The van der Waals surface area contributed by atoms with E-state index in [-0.39, 0.29) is 18.2 Å². The van der Waals surface area contributed by atoms with E-state index in [9.17, 15) is 9.50 Å². The summed E-state index contributed by atoms with van der Waals surface area (Å²) in [5.74, 6) is 0.815. The first-order valence-electron chi connectivity index (χ1n) is 11.7. The van der Waals surface area contributed by atoms with Gasteiger partial charge in [-0.1, -0.05) is 24.8 Å². The van der Waals surface area contributed by atoms with Gasteiger partial charge in [-0.3, -0.25) is 14.4 Å². The number of nitrogen functional groups attached to an aromatic ring is 1. The minimum absolute atomic E-state index is 0.188. The highest BCUT2D eigenvalue weighted by atomic mass is 19.1. The molecule has 2 aromatic rings. The lowest BCUT2D eigenvalue weighted by Gasteiger charge is -2.27. The van der Waals surface area contributed by atoms with Crippen LogP contribution in [0.25, 0.3) is 5.52 Å². The first-order chi connectivity index (χ1) is 16.2. The average molecular weight is 472 g/mol. The van der Waals surface area contributed by atoms with Crippen molar-refractivity contribution in [2.75, 3.05) is 31.8 Å². The van der Waals surface area contributed by atoms with Crippen LogP contribution in [0, 0.1) is 0 Å². The van der Waals surface area contributed by atoms with Gasteiger partial charge >= 0.3 is 0 Å². The van der Waals surface area contributed by atoms with Gasteiger partial charge in [0.25, 0.3) is 0 Å². The van der Waals surface area contributed by atoms with Gasteiger partial charge in [-0.15, -0.1) is 5.10 Å². The van der Waals surface area contributed by atoms with Crippen molar-refractivity contribution in [1.82, 2.24) is 14.6 Å². The van der Waals surface area contributed by atoms with E-state index in [1.54, 1.807) is 24.8 Å². The van der Waals surface area contributed by atoms with Crippen LogP contribution in [-0.2, 0) is 0 Å². The average Bonchev–Trinajstić information content (AvgIpc) is 3.21. The maximum atomic E-state index is 12.3. The Hall–Kier alpha value is -3.07. The normalized spacial score (nSPS) is 17.1. The number of aliphatic hydroxyl groups is 1. The van der Waals surface area contributed by atoms with Gasteiger partial charge in [0.05, 0.1) is 18.0 Å². The first kappa shape index (κ1) is 27.2. The van der Waals surface area contributed by atoms with E-state index in [1.165, 1.54) is 19.3 Å². The molecule has 2 heterocycles. The number of nitrogens with two attached hydrogens (primary N) is 1. The molecule has 0 spiro atoms. The van der Waals surface area contributed by atoms with Crippen molar-refractivity contribution in [2.45, 2.75) is 64.9 Å². The fraction of sp³-hybridized carbons (Fsp3) is 0.520. The Balaban J connectivity index is 0.000000430. The fourth-order valence-corrected chi connectivity index (χ4v) is 3.69. The number of allylic oxidation sites excluding steroid dienone is 3. The van der Waals surface area contributed by atoms with E-state index in [1.807, 2.05) is 45.2 Å². The zero-order valence-corrected chi connectivity index (χ0v) is 21.0. The highest BCUT2D eigenvalue weighted by Crippen LogP contribution is 2.26. The van der Waals surface area contributed by atoms with Crippen LogP contribution < -0.4 is 11.1 Å². The van der Waals surface area contributed by atoms with E-state index in [0.717, 1.165) is 40.9 Å². The summed E-state index contributed by atoms with van der Waals surface area (Å²) in [6.45, 7) is 5.30. The van der Waals surface area contributed by atoms with Gasteiger partial charge < -0.3 is 16.2 Å². The molecule has 9 heteroatoms. The number of hydrogen-bond acceptors (Lipinski definition) is 7. The third kappa shape index (κ3) is 8.06. The smallest absolute Gasteiger partial charge is 0.240 e. The van der Waals surface area contributed by atoms with Gasteiger partial charge in [-0.05, 0) is 58.3 Å². The van der Waals surface area contributed by atoms with Crippen LogP contribution in [0.2, 0.25) is 0 Å². The predicted molar refractivity (Wildman–Crippen MR) is 140 cm³/mol. The van der Waals surface area contributed by atoms with Crippen molar-refractivity contribution in [3.63, 3.8) is 0 Å². The van der Waals surface area contributed by atoms with Crippen molar-refractivity contribution in [1.29, 1.82) is 0 Å². The Kier molecular flexibility index (Phi) is 10.4. The summed E-state index contributed by atoms with van der Waals surface area (Å²) >= 11 is 0. The minimum Gasteiger partial charge on any atom is -0.390 e. The van der Waals surface area contributed by atoms with Crippen molar-refractivity contribution in [3.8, 4) is 0 Å². The molecule has 2 aromatic heterocycles. The number of alkyl halides is 1. The highest BCUT2D eigenvalue weighted by Gasteiger charge is 2.22. The van der Waals surface area contributed by atoms with Gasteiger partial charge in [0.15, 0.2) is 5.82 Å². The molecule has 1 saturated carbocycles. The number of hydrogen-bond donors (Lipinski definition) is 3. The molecule has 0 bridgehead atoms. The van der Waals surface area contributed by atoms with E-state index in [2.05, 4.69) is 25.4 Å². The van der Waals surface area contributed by atoms with Crippen LogP contribution in [0.4, 0.5) is 16.2 Å². The molecule has 0 aliphatic heterocycles. The van der Waals surface area contributed by atoms with Crippen LogP contribution >= 0.6 is 0 Å². The van der Waals surface area contributed by atoms with Crippen LogP contribution in [0.15, 0.2) is 46.2 Å². The van der Waals surface area contributed by atoms with Gasteiger partial charge in [-0.2, -0.15) is 4.98 Å². The van der Waals surface area contributed by atoms with E-state index < -0.39 is 0 Å². The quantitative estimate of drug-likeness (QED) is 0.504. The molecule has 8 nitrogen and oxygen atoms in total. The SMILES string of the molecule is CC1(O)CCCCC1.CN=C(\C=C/C(C)=N\C=C(/C)CCF)c1ccn2nc(N)nc(NC)c12. The molecule has 186 valence electrons. The van der Waals surface area contributed by atoms with Crippen molar-refractivity contribution < 1.29 is 9.50 Å². The van der Waals surface area contributed by atoms with E-state index >= 15 is 0 Å². The molecule has 0 atom stereocenters. The third-order valence-electron chi connectivity index (χ3n) is 5.67. The molecule has 3 rings (SSSR count). The summed E-state index contributed by atoms with van der Waals surface area (Å²) in [5.41, 5.74) is 9.53. The lowest BCUT2D eigenvalue weighted by molar-refractivity contribution is 0.0225. The Labute approximate surface area is 201 Å². The summed E-state index contributed by atoms with van der Waals surface area (Å²) in [4.78, 5) is 12.9. The number of aromatic nitrogens is 3. The molecular formula is C25H38FN7O. The molecule has 0 aromatic carbocycles. The van der Waals surface area contributed by atoms with Gasteiger partial charge in [-0.25, -0.2) is 4.52 Å². The minimum atomic E-state index is -0.374. The molecule has 34 heavy (non-hydrogen) atoms. The second kappa shape index (κ2) is 13.0. The second-order valence-electron chi connectivity index (χ2n) is 8.78. The van der Waals surface area contributed by atoms with Gasteiger partial charge in [0.2, 0.25) is 5.95 Å². The highest BCUT2D eigenvalue weighted by molar-refractivity contribution is 6.16. The first-order valence-corrected chi connectivity index (χ1v) is 11.7.